The first-order valence-corrected chi connectivity index (χ1v) is 6.78. The molecule has 1 unspecified atom stereocenters. The highest BCUT2D eigenvalue weighted by Crippen LogP contribution is 2.29. The van der Waals surface area contributed by atoms with Crippen molar-refractivity contribution in [3.05, 3.63) is 16.1 Å². The van der Waals surface area contributed by atoms with Gasteiger partial charge < -0.3 is 15.7 Å². The van der Waals surface area contributed by atoms with Crippen LogP contribution in [0.1, 0.15) is 20.3 Å². The number of hydrogen-bond donors (Lipinski definition) is 3. The van der Waals surface area contributed by atoms with Crippen LogP contribution in [-0.2, 0) is 0 Å². The molecule has 0 aliphatic carbocycles. The maximum absolute atomic E-state index is 8.84. The van der Waals surface area contributed by atoms with Crippen LogP contribution in [0.5, 0.6) is 0 Å². The molecule has 1 heterocycles. The zero-order valence-corrected chi connectivity index (χ0v) is 12.1. The maximum atomic E-state index is 8.84. The predicted molar refractivity (Wildman–Crippen MR) is 77.8 cm³/mol. The number of nitrogens with zero attached hydrogens (tertiary/aromatic N) is 1. The third kappa shape index (κ3) is 4.52. The number of pyridine rings is 1. The Morgan fingerprint density at radius 3 is 2.44 bits per heavy atom. The van der Waals surface area contributed by atoms with Crippen LogP contribution < -0.4 is 10.6 Å². The van der Waals surface area contributed by atoms with E-state index < -0.39 is 0 Å². The second-order valence-corrected chi connectivity index (χ2v) is 4.99. The Balaban J connectivity index is 2.72. The number of rotatable bonds is 7. The molecule has 0 saturated carbocycles. The summed E-state index contributed by atoms with van der Waals surface area (Å²) in [5.74, 6) is 1.59. The van der Waals surface area contributed by atoms with E-state index in [9.17, 15) is 0 Å². The largest absolute Gasteiger partial charge is 0.396 e. The summed E-state index contributed by atoms with van der Waals surface area (Å²) in [6.07, 6.45) is 0.748. The lowest BCUT2D eigenvalue weighted by molar-refractivity contribution is 0.266. The molecular formula is C12H19Cl2N3O. The Hall–Kier alpha value is -0.710. The average Bonchev–Trinajstić information content (AvgIpc) is 2.31. The summed E-state index contributed by atoms with van der Waals surface area (Å²) in [7, 11) is 0. The van der Waals surface area contributed by atoms with Crippen molar-refractivity contribution in [1.29, 1.82) is 0 Å². The SMILES string of the molecule is CCNc1nc(NCC(C)CCO)c(Cl)cc1Cl. The lowest BCUT2D eigenvalue weighted by Crippen LogP contribution is -2.14. The van der Waals surface area contributed by atoms with Gasteiger partial charge in [-0.3, -0.25) is 0 Å². The lowest BCUT2D eigenvalue weighted by atomic mass is 10.1. The zero-order valence-electron chi connectivity index (χ0n) is 10.6. The van der Waals surface area contributed by atoms with Crippen LogP contribution >= 0.6 is 23.2 Å². The van der Waals surface area contributed by atoms with Crippen molar-refractivity contribution in [2.75, 3.05) is 30.3 Å². The lowest BCUT2D eigenvalue weighted by Gasteiger charge is -2.14. The molecule has 4 nitrogen and oxygen atoms in total. The van der Waals surface area contributed by atoms with Gasteiger partial charge in [0.1, 0.15) is 11.6 Å². The van der Waals surface area contributed by atoms with E-state index in [0.717, 1.165) is 13.0 Å². The van der Waals surface area contributed by atoms with Gasteiger partial charge in [0.2, 0.25) is 0 Å². The topological polar surface area (TPSA) is 57.2 Å². The van der Waals surface area contributed by atoms with Gasteiger partial charge in [0.25, 0.3) is 0 Å². The summed E-state index contributed by atoms with van der Waals surface area (Å²) >= 11 is 12.1. The molecule has 0 amide bonds. The van der Waals surface area contributed by atoms with Crippen molar-refractivity contribution in [2.45, 2.75) is 20.3 Å². The van der Waals surface area contributed by atoms with E-state index in [1.54, 1.807) is 6.07 Å². The van der Waals surface area contributed by atoms with Crippen molar-refractivity contribution >= 4 is 34.8 Å². The number of halogens is 2. The number of aliphatic hydroxyl groups is 1. The molecule has 1 atom stereocenters. The Labute approximate surface area is 118 Å². The third-order valence-corrected chi connectivity index (χ3v) is 3.09. The first kappa shape index (κ1) is 15.3. The van der Waals surface area contributed by atoms with E-state index in [1.807, 2.05) is 6.92 Å². The number of nitrogens with one attached hydrogen (secondary N) is 2. The van der Waals surface area contributed by atoms with E-state index in [4.69, 9.17) is 28.3 Å². The van der Waals surface area contributed by atoms with E-state index in [0.29, 0.717) is 34.1 Å². The Bertz CT molecular complexity index is 388. The fourth-order valence-corrected chi connectivity index (χ4v) is 1.97. The standard InChI is InChI=1S/C12H19Cl2N3O/c1-3-15-11-9(13)6-10(14)12(17-11)16-7-8(2)4-5-18/h6,8,18H,3-5,7H2,1-2H3,(H2,15,16,17). The second kappa shape index (κ2) is 7.67. The van der Waals surface area contributed by atoms with Gasteiger partial charge in [-0.2, -0.15) is 0 Å². The summed E-state index contributed by atoms with van der Waals surface area (Å²) in [6, 6.07) is 1.67. The van der Waals surface area contributed by atoms with Crippen molar-refractivity contribution < 1.29 is 5.11 Å². The number of aliphatic hydroxyl groups excluding tert-OH is 1. The van der Waals surface area contributed by atoms with Crippen molar-refractivity contribution in [1.82, 2.24) is 4.98 Å². The van der Waals surface area contributed by atoms with Crippen LogP contribution in [0.2, 0.25) is 10.0 Å². The Morgan fingerprint density at radius 2 is 1.89 bits per heavy atom. The zero-order chi connectivity index (χ0) is 13.5. The van der Waals surface area contributed by atoms with Crippen LogP contribution in [0.15, 0.2) is 6.07 Å². The summed E-state index contributed by atoms with van der Waals surface area (Å²) in [6.45, 7) is 5.67. The summed E-state index contributed by atoms with van der Waals surface area (Å²) < 4.78 is 0. The molecule has 1 rings (SSSR count). The molecule has 0 saturated heterocycles. The molecule has 3 N–H and O–H groups in total. The number of anilines is 2. The van der Waals surface area contributed by atoms with Crippen molar-refractivity contribution in [3.8, 4) is 0 Å². The molecule has 18 heavy (non-hydrogen) atoms. The van der Waals surface area contributed by atoms with E-state index in [2.05, 4.69) is 22.5 Å². The van der Waals surface area contributed by atoms with E-state index >= 15 is 0 Å². The third-order valence-electron chi connectivity index (χ3n) is 2.51. The van der Waals surface area contributed by atoms with Crippen molar-refractivity contribution in [2.24, 2.45) is 5.92 Å². The highest BCUT2D eigenvalue weighted by molar-refractivity contribution is 6.37. The van der Waals surface area contributed by atoms with E-state index in [1.165, 1.54) is 0 Å². The van der Waals surface area contributed by atoms with Crippen LogP contribution in [0, 0.1) is 5.92 Å². The highest BCUT2D eigenvalue weighted by atomic mass is 35.5. The fraction of sp³-hybridized carbons (Fsp3) is 0.583. The molecule has 0 aliphatic heterocycles. The minimum atomic E-state index is 0.188. The average molecular weight is 292 g/mol. The molecule has 6 heteroatoms. The first-order chi connectivity index (χ1) is 8.58. The Kier molecular flexibility index (Phi) is 6.54. The van der Waals surface area contributed by atoms with Gasteiger partial charge in [-0.05, 0) is 25.3 Å². The molecular weight excluding hydrogens is 273 g/mol. The van der Waals surface area contributed by atoms with Crippen LogP contribution in [0.4, 0.5) is 11.6 Å². The van der Waals surface area contributed by atoms with Gasteiger partial charge in [0.15, 0.2) is 0 Å². The molecule has 0 aliphatic rings. The molecule has 0 radical (unpaired) electrons. The quantitative estimate of drug-likeness (QED) is 0.722. The highest BCUT2D eigenvalue weighted by Gasteiger charge is 2.09. The van der Waals surface area contributed by atoms with Gasteiger partial charge in [-0.25, -0.2) is 4.98 Å². The van der Waals surface area contributed by atoms with Crippen LogP contribution in [0.25, 0.3) is 0 Å². The van der Waals surface area contributed by atoms with Crippen molar-refractivity contribution in [3.63, 3.8) is 0 Å². The normalized spacial score (nSPS) is 12.3. The second-order valence-electron chi connectivity index (χ2n) is 4.18. The minimum Gasteiger partial charge on any atom is -0.396 e. The van der Waals surface area contributed by atoms with Crippen LogP contribution in [-0.4, -0.2) is 29.8 Å². The predicted octanol–water partition coefficient (Wildman–Crippen LogP) is 3.25. The van der Waals surface area contributed by atoms with Gasteiger partial charge in [-0.15, -0.1) is 0 Å². The molecule has 102 valence electrons. The van der Waals surface area contributed by atoms with E-state index in [-0.39, 0.29) is 6.61 Å². The number of aromatic nitrogens is 1. The molecule has 1 aromatic rings. The fourth-order valence-electron chi connectivity index (χ4n) is 1.48. The molecule has 0 bridgehead atoms. The summed E-state index contributed by atoms with van der Waals surface area (Å²) in [4.78, 5) is 4.35. The molecule has 0 fully saturated rings. The molecule has 0 aromatic carbocycles. The first-order valence-electron chi connectivity index (χ1n) is 6.03. The van der Waals surface area contributed by atoms with Crippen LogP contribution in [0.3, 0.4) is 0 Å². The summed E-state index contributed by atoms with van der Waals surface area (Å²) in [5, 5.41) is 16.1. The smallest absolute Gasteiger partial charge is 0.147 e. The summed E-state index contributed by atoms with van der Waals surface area (Å²) in [5.41, 5.74) is 0. The monoisotopic (exact) mass is 291 g/mol. The van der Waals surface area contributed by atoms with Gasteiger partial charge in [0.05, 0.1) is 10.0 Å². The molecule has 1 aromatic heterocycles. The minimum absolute atomic E-state index is 0.188. The van der Waals surface area contributed by atoms with Gasteiger partial charge in [-0.1, -0.05) is 30.1 Å². The number of hydrogen-bond acceptors (Lipinski definition) is 4. The molecule has 0 spiro atoms. The van der Waals surface area contributed by atoms with Gasteiger partial charge >= 0.3 is 0 Å². The van der Waals surface area contributed by atoms with Gasteiger partial charge in [0, 0.05) is 19.7 Å². The Morgan fingerprint density at radius 1 is 1.28 bits per heavy atom. The maximum Gasteiger partial charge on any atom is 0.147 e.